The second-order valence-corrected chi connectivity index (χ2v) is 4.62. The molecule has 0 unspecified atom stereocenters. The molecule has 0 aliphatic rings. The molecule has 0 radical (unpaired) electrons. The Labute approximate surface area is 98.8 Å². The maximum absolute atomic E-state index is 4.34. The van der Waals surface area contributed by atoms with Crippen molar-refractivity contribution in [2.75, 3.05) is 5.32 Å². The first kappa shape index (κ1) is 11.0. The Hall–Kier alpha value is -1.49. The van der Waals surface area contributed by atoms with Gasteiger partial charge >= 0.3 is 0 Å². The SMILES string of the molecule is CCc1cnc(CNc2nccnc2C)s1. The Morgan fingerprint density at radius 1 is 1.25 bits per heavy atom. The zero-order chi connectivity index (χ0) is 11.4. The molecular weight excluding hydrogens is 220 g/mol. The third-order valence-corrected chi connectivity index (χ3v) is 3.38. The highest BCUT2D eigenvalue weighted by Crippen LogP contribution is 2.15. The molecule has 2 aromatic rings. The highest BCUT2D eigenvalue weighted by atomic mass is 32.1. The summed E-state index contributed by atoms with van der Waals surface area (Å²) in [6.45, 7) is 4.79. The largest absolute Gasteiger partial charge is 0.362 e. The van der Waals surface area contributed by atoms with Crippen LogP contribution in [-0.2, 0) is 13.0 Å². The van der Waals surface area contributed by atoms with Gasteiger partial charge in [-0.2, -0.15) is 0 Å². The Bertz CT molecular complexity index is 467. The van der Waals surface area contributed by atoms with E-state index in [1.807, 2.05) is 13.1 Å². The highest BCUT2D eigenvalue weighted by molar-refractivity contribution is 7.11. The summed E-state index contributed by atoms with van der Waals surface area (Å²) in [6.07, 6.45) is 6.36. The molecule has 0 fully saturated rings. The van der Waals surface area contributed by atoms with Crippen molar-refractivity contribution in [1.29, 1.82) is 0 Å². The van der Waals surface area contributed by atoms with Gasteiger partial charge in [0, 0.05) is 23.5 Å². The molecule has 0 aromatic carbocycles. The van der Waals surface area contributed by atoms with E-state index in [1.54, 1.807) is 23.7 Å². The molecule has 0 atom stereocenters. The third-order valence-electron chi connectivity index (χ3n) is 2.24. The number of anilines is 1. The second kappa shape index (κ2) is 5.03. The zero-order valence-electron chi connectivity index (χ0n) is 9.40. The highest BCUT2D eigenvalue weighted by Gasteiger charge is 2.02. The third kappa shape index (κ3) is 2.55. The van der Waals surface area contributed by atoms with Gasteiger partial charge in [-0.15, -0.1) is 11.3 Å². The first-order valence-corrected chi connectivity index (χ1v) is 6.06. The molecule has 1 N–H and O–H groups in total. The lowest BCUT2D eigenvalue weighted by atomic mass is 10.4. The molecule has 2 heterocycles. The lowest BCUT2D eigenvalue weighted by Gasteiger charge is -2.04. The van der Waals surface area contributed by atoms with Gasteiger partial charge in [0.1, 0.15) is 10.8 Å². The number of thiazole rings is 1. The van der Waals surface area contributed by atoms with E-state index in [1.165, 1.54) is 4.88 Å². The summed E-state index contributed by atoms with van der Waals surface area (Å²) in [5.74, 6) is 0.829. The van der Waals surface area contributed by atoms with Gasteiger partial charge in [-0.1, -0.05) is 6.92 Å². The molecule has 2 aromatic heterocycles. The van der Waals surface area contributed by atoms with Gasteiger partial charge in [0.25, 0.3) is 0 Å². The van der Waals surface area contributed by atoms with E-state index >= 15 is 0 Å². The number of aryl methyl sites for hydroxylation is 2. The fraction of sp³-hybridized carbons (Fsp3) is 0.364. The van der Waals surface area contributed by atoms with Crippen LogP contribution in [-0.4, -0.2) is 15.0 Å². The second-order valence-electron chi connectivity index (χ2n) is 3.42. The Balaban J connectivity index is 1.99. The summed E-state index contributed by atoms with van der Waals surface area (Å²) < 4.78 is 0. The van der Waals surface area contributed by atoms with Crippen LogP contribution >= 0.6 is 11.3 Å². The van der Waals surface area contributed by atoms with Gasteiger partial charge in [-0.25, -0.2) is 9.97 Å². The van der Waals surface area contributed by atoms with Crippen LogP contribution in [0.5, 0.6) is 0 Å². The average Bonchev–Trinajstić information content (AvgIpc) is 2.76. The zero-order valence-corrected chi connectivity index (χ0v) is 10.2. The average molecular weight is 234 g/mol. The van der Waals surface area contributed by atoms with Crippen LogP contribution in [0.15, 0.2) is 18.6 Å². The minimum absolute atomic E-state index is 0.713. The molecule has 5 heteroatoms. The smallest absolute Gasteiger partial charge is 0.147 e. The van der Waals surface area contributed by atoms with Crippen LogP contribution in [0.4, 0.5) is 5.82 Å². The minimum Gasteiger partial charge on any atom is -0.362 e. The lowest BCUT2D eigenvalue weighted by Crippen LogP contribution is -2.03. The monoisotopic (exact) mass is 234 g/mol. The predicted molar refractivity (Wildman–Crippen MR) is 65.6 cm³/mol. The van der Waals surface area contributed by atoms with Gasteiger partial charge in [0.15, 0.2) is 0 Å². The molecule has 0 aliphatic heterocycles. The van der Waals surface area contributed by atoms with Crippen LogP contribution < -0.4 is 5.32 Å². The number of rotatable bonds is 4. The molecule has 0 saturated heterocycles. The summed E-state index contributed by atoms with van der Waals surface area (Å²) in [4.78, 5) is 14.0. The number of aromatic nitrogens is 3. The quantitative estimate of drug-likeness (QED) is 0.882. The molecule has 4 nitrogen and oxygen atoms in total. The van der Waals surface area contributed by atoms with Crippen molar-refractivity contribution in [3.05, 3.63) is 34.2 Å². The van der Waals surface area contributed by atoms with Gasteiger partial charge in [-0.05, 0) is 13.3 Å². The van der Waals surface area contributed by atoms with Crippen LogP contribution in [0.1, 0.15) is 22.5 Å². The molecule has 0 saturated carbocycles. The number of nitrogens with one attached hydrogen (secondary N) is 1. The predicted octanol–water partition coefficient (Wildman–Crippen LogP) is 2.42. The maximum atomic E-state index is 4.34. The molecule has 84 valence electrons. The summed E-state index contributed by atoms with van der Waals surface area (Å²) in [5, 5.41) is 4.33. The Kier molecular flexibility index (Phi) is 3.46. The number of nitrogens with zero attached hydrogens (tertiary/aromatic N) is 3. The Morgan fingerprint density at radius 2 is 2.06 bits per heavy atom. The first-order valence-electron chi connectivity index (χ1n) is 5.24. The summed E-state index contributed by atoms with van der Waals surface area (Å²) in [7, 11) is 0. The van der Waals surface area contributed by atoms with Crippen LogP contribution in [0.2, 0.25) is 0 Å². The van der Waals surface area contributed by atoms with Crippen LogP contribution in [0.3, 0.4) is 0 Å². The van der Waals surface area contributed by atoms with E-state index < -0.39 is 0 Å². The van der Waals surface area contributed by atoms with Crippen molar-refractivity contribution in [3.8, 4) is 0 Å². The van der Waals surface area contributed by atoms with Gasteiger partial charge in [-0.3, -0.25) is 4.98 Å². The fourth-order valence-electron chi connectivity index (χ4n) is 1.33. The van der Waals surface area contributed by atoms with E-state index in [2.05, 4.69) is 27.2 Å². The van der Waals surface area contributed by atoms with Crippen molar-refractivity contribution in [1.82, 2.24) is 15.0 Å². The van der Waals surface area contributed by atoms with Crippen molar-refractivity contribution in [3.63, 3.8) is 0 Å². The molecule has 16 heavy (non-hydrogen) atoms. The standard InChI is InChI=1S/C11H14N4S/c1-3-9-6-14-10(16-9)7-15-11-8(2)12-4-5-13-11/h4-6H,3,7H2,1-2H3,(H,13,15). The molecule has 0 amide bonds. The first-order chi connectivity index (χ1) is 7.79. The number of hydrogen-bond donors (Lipinski definition) is 1. The van der Waals surface area contributed by atoms with E-state index in [0.717, 1.165) is 22.9 Å². The van der Waals surface area contributed by atoms with Gasteiger partial charge < -0.3 is 5.32 Å². The van der Waals surface area contributed by atoms with Gasteiger partial charge in [0.2, 0.25) is 0 Å². The van der Waals surface area contributed by atoms with Gasteiger partial charge in [0.05, 0.1) is 12.2 Å². The van der Waals surface area contributed by atoms with E-state index in [-0.39, 0.29) is 0 Å². The Morgan fingerprint density at radius 3 is 2.75 bits per heavy atom. The summed E-state index contributed by atoms with van der Waals surface area (Å²) in [5.41, 5.74) is 0.912. The van der Waals surface area contributed by atoms with E-state index in [0.29, 0.717) is 6.54 Å². The van der Waals surface area contributed by atoms with Crippen LogP contribution in [0.25, 0.3) is 0 Å². The number of hydrogen-bond acceptors (Lipinski definition) is 5. The molecule has 0 spiro atoms. The summed E-state index contributed by atoms with van der Waals surface area (Å²) >= 11 is 1.74. The minimum atomic E-state index is 0.713. The molecular formula is C11H14N4S. The van der Waals surface area contributed by atoms with E-state index in [9.17, 15) is 0 Å². The van der Waals surface area contributed by atoms with Crippen molar-refractivity contribution in [2.45, 2.75) is 26.8 Å². The maximum Gasteiger partial charge on any atom is 0.147 e. The van der Waals surface area contributed by atoms with E-state index in [4.69, 9.17) is 0 Å². The molecule has 2 rings (SSSR count). The molecule has 0 aliphatic carbocycles. The van der Waals surface area contributed by atoms with Crippen LogP contribution in [0, 0.1) is 6.92 Å². The topological polar surface area (TPSA) is 50.7 Å². The normalized spacial score (nSPS) is 10.4. The van der Waals surface area contributed by atoms with Crippen molar-refractivity contribution < 1.29 is 0 Å². The molecule has 0 bridgehead atoms. The summed E-state index contributed by atoms with van der Waals surface area (Å²) in [6, 6.07) is 0. The lowest BCUT2D eigenvalue weighted by molar-refractivity contribution is 1.03. The van der Waals surface area contributed by atoms with Crippen molar-refractivity contribution in [2.24, 2.45) is 0 Å². The fourth-order valence-corrected chi connectivity index (χ4v) is 2.14. The van der Waals surface area contributed by atoms with Crippen molar-refractivity contribution >= 4 is 17.2 Å².